The number of aromatic amines is 1. The van der Waals surface area contributed by atoms with Crippen molar-refractivity contribution < 1.29 is 14.4 Å². The lowest BCUT2D eigenvalue weighted by atomic mass is 10.1. The first-order chi connectivity index (χ1) is 14.5. The maximum atomic E-state index is 12.4. The quantitative estimate of drug-likeness (QED) is 0.531. The Balaban J connectivity index is 1.26. The molecule has 8 heteroatoms. The van der Waals surface area contributed by atoms with Crippen LogP contribution in [-0.2, 0) is 9.59 Å². The first-order valence-electron chi connectivity index (χ1n) is 9.71. The molecule has 2 aromatic carbocycles. The third kappa shape index (κ3) is 4.16. The number of halogens is 1. The topological polar surface area (TPSA) is 94.3 Å². The van der Waals surface area contributed by atoms with Crippen molar-refractivity contribution in [1.82, 2.24) is 15.6 Å². The molecule has 0 aliphatic carbocycles. The molecular weight excluding hydrogens is 404 g/mol. The minimum absolute atomic E-state index is 0.106. The Morgan fingerprint density at radius 3 is 2.73 bits per heavy atom. The number of rotatable bonds is 6. The number of carbonyl (C=O) groups excluding carboxylic acids is 3. The molecule has 1 saturated heterocycles. The SMILES string of the molecule is O=C(NCCNC(=O)C1CC(=O)N(c2cccc(Cl)c2)C1)c1c[nH]c2ccccc12. The molecule has 1 aromatic heterocycles. The van der Waals surface area contributed by atoms with E-state index in [1.54, 1.807) is 35.4 Å². The molecule has 1 aliphatic heterocycles. The lowest BCUT2D eigenvalue weighted by Gasteiger charge is -2.17. The molecule has 0 spiro atoms. The van der Waals surface area contributed by atoms with E-state index in [1.807, 2.05) is 24.3 Å². The normalized spacial score (nSPS) is 16.1. The van der Waals surface area contributed by atoms with Gasteiger partial charge in [-0.3, -0.25) is 14.4 Å². The van der Waals surface area contributed by atoms with E-state index in [0.717, 1.165) is 10.9 Å². The number of carbonyl (C=O) groups is 3. The lowest BCUT2D eigenvalue weighted by molar-refractivity contribution is -0.126. The second-order valence-corrected chi connectivity index (χ2v) is 7.62. The minimum atomic E-state index is -0.430. The molecule has 1 fully saturated rings. The van der Waals surface area contributed by atoms with E-state index in [-0.39, 0.29) is 30.7 Å². The Morgan fingerprint density at radius 2 is 1.90 bits per heavy atom. The molecule has 0 radical (unpaired) electrons. The van der Waals surface area contributed by atoms with Crippen LogP contribution in [0.5, 0.6) is 0 Å². The van der Waals surface area contributed by atoms with E-state index in [0.29, 0.717) is 29.4 Å². The molecule has 1 atom stereocenters. The van der Waals surface area contributed by atoms with Gasteiger partial charge in [0, 0.05) is 53.9 Å². The maximum absolute atomic E-state index is 12.4. The van der Waals surface area contributed by atoms with E-state index >= 15 is 0 Å². The summed E-state index contributed by atoms with van der Waals surface area (Å²) in [4.78, 5) is 41.8. The number of para-hydroxylation sites is 1. The van der Waals surface area contributed by atoms with E-state index in [4.69, 9.17) is 11.6 Å². The molecule has 4 rings (SSSR count). The lowest BCUT2D eigenvalue weighted by Crippen LogP contribution is -2.38. The second kappa shape index (κ2) is 8.59. The fourth-order valence-electron chi connectivity index (χ4n) is 3.64. The van der Waals surface area contributed by atoms with Gasteiger partial charge in [-0.25, -0.2) is 0 Å². The summed E-state index contributed by atoms with van der Waals surface area (Å²) in [6.07, 6.45) is 1.83. The summed E-state index contributed by atoms with van der Waals surface area (Å²) in [5.41, 5.74) is 2.15. The van der Waals surface area contributed by atoms with Crippen molar-refractivity contribution in [2.24, 2.45) is 5.92 Å². The molecule has 1 aliphatic rings. The van der Waals surface area contributed by atoms with Gasteiger partial charge in [-0.15, -0.1) is 0 Å². The zero-order chi connectivity index (χ0) is 21.1. The number of fused-ring (bicyclic) bond motifs is 1. The van der Waals surface area contributed by atoms with Crippen LogP contribution in [0, 0.1) is 5.92 Å². The molecular formula is C22H21ClN4O3. The molecule has 154 valence electrons. The highest BCUT2D eigenvalue weighted by molar-refractivity contribution is 6.31. The summed E-state index contributed by atoms with van der Waals surface area (Å²) in [5, 5.41) is 7.00. The molecule has 7 nitrogen and oxygen atoms in total. The predicted molar refractivity (Wildman–Crippen MR) is 116 cm³/mol. The standard InChI is InChI=1S/C22H21ClN4O3/c23-15-4-3-5-16(11-15)27-13-14(10-20(27)28)21(29)24-8-9-25-22(30)18-12-26-19-7-2-1-6-17(18)19/h1-7,11-12,14,26H,8-10,13H2,(H,24,29)(H,25,30). The van der Waals surface area contributed by atoms with Crippen LogP contribution >= 0.6 is 11.6 Å². The fourth-order valence-corrected chi connectivity index (χ4v) is 3.82. The Kier molecular flexibility index (Phi) is 5.72. The molecule has 0 bridgehead atoms. The van der Waals surface area contributed by atoms with Gasteiger partial charge in [0.2, 0.25) is 11.8 Å². The Morgan fingerprint density at radius 1 is 1.10 bits per heavy atom. The Labute approximate surface area is 178 Å². The Bertz CT molecular complexity index is 1110. The van der Waals surface area contributed by atoms with Crippen molar-refractivity contribution in [1.29, 1.82) is 0 Å². The van der Waals surface area contributed by atoms with Crippen molar-refractivity contribution in [2.75, 3.05) is 24.5 Å². The van der Waals surface area contributed by atoms with E-state index in [9.17, 15) is 14.4 Å². The van der Waals surface area contributed by atoms with Gasteiger partial charge in [0.15, 0.2) is 0 Å². The number of hydrogen-bond donors (Lipinski definition) is 3. The van der Waals surface area contributed by atoms with Crippen LogP contribution in [0.1, 0.15) is 16.8 Å². The number of H-pyrrole nitrogens is 1. The van der Waals surface area contributed by atoms with Crippen LogP contribution in [0.15, 0.2) is 54.7 Å². The largest absolute Gasteiger partial charge is 0.360 e. The number of nitrogens with zero attached hydrogens (tertiary/aromatic N) is 1. The molecule has 3 aromatic rings. The number of anilines is 1. The minimum Gasteiger partial charge on any atom is -0.360 e. The summed E-state index contributed by atoms with van der Waals surface area (Å²) in [6, 6.07) is 14.6. The van der Waals surface area contributed by atoms with Crippen LogP contribution in [0.25, 0.3) is 10.9 Å². The van der Waals surface area contributed by atoms with Gasteiger partial charge >= 0.3 is 0 Å². The van der Waals surface area contributed by atoms with E-state index in [2.05, 4.69) is 15.6 Å². The number of aromatic nitrogens is 1. The van der Waals surface area contributed by atoms with Crippen LogP contribution < -0.4 is 15.5 Å². The van der Waals surface area contributed by atoms with Gasteiger partial charge in [-0.1, -0.05) is 35.9 Å². The summed E-state index contributed by atoms with van der Waals surface area (Å²) in [6.45, 7) is 0.893. The zero-order valence-corrected chi connectivity index (χ0v) is 16.9. The van der Waals surface area contributed by atoms with Crippen molar-refractivity contribution in [3.63, 3.8) is 0 Å². The van der Waals surface area contributed by atoms with Crippen molar-refractivity contribution in [3.8, 4) is 0 Å². The third-order valence-corrected chi connectivity index (χ3v) is 5.39. The smallest absolute Gasteiger partial charge is 0.253 e. The number of amides is 3. The first-order valence-corrected chi connectivity index (χ1v) is 10.1. The summed E-state index contributed by atoms with van der Waals surface area (Å²) >= 11 is 6.00. The summed E-state index contributed by atoms with van der Waals surface area (Å²) in [7, 11) is 0. The van der Waals surface area contributed by atoms with Gasteiger partial charge in [-0.2, -0.15) is 0 Å². The average Bonchev–Trinajstić information content (AvgIpc) is 3.34. The van der Waals surface area contributed by atoms with Crippen LogP contribution in [0.4, 0.5) is 5.69 Å². The van der Waals surface area contributed by atoms with Crippen LogP contribution in [0.3, 0.4) is 0 Å². The molecule has 3 amide bonds. The molecule has 0 saturated carbocycles. The molecule has 30 heavy (non-hydrogen) atoms. The average molecular weight is 425 g/mol. The highest BCUT2D eigenvalue weighted by atomic mass is 35.5. The van der Waals surface area contributed by atoms with Crippen LogP contribution in [-0.4, -0.2) is 42.3 Å². The molecule has 2 heterocycles. The van der Waals surface area contributed by atoms with Gasteiger partial charge in [0.1, 0.15) is 0 Å². The van der Waals surface area contributed by atoms with E-state index < -0.39 is 5.92 Å². The maximum Gasteiger partial charge on any atom is 0.253 e. The number of nitrogens with one attached hydrogen (secondary N) is 3. The van der Waals surface area contributed by atoms with Crippen molar-refractivity contribution in [2.45, 2.75) is 6.42 Å². The first kappa shape index (κ1) is 20.0. The monoisotopic (exact) mass is 424 g/mol. The van der Waals surface area contributed by atoms with Gasteiger partial charge < -0.3 is 20.5 Å². The summed E-state index contributed by atoms with van der Waals surface area (Å²) in [5.74, 6) is -0.940. The fraction of sp³-hybridized carbons (Fsp3) is 0.227. The Hall–Kier alpha value is -3.32. The third-order valence-electron chi connectivity index (χ3n) is 5.16. The predicted octanol–water partition coefficient (Wildman–Crippen LogP) is 2.72. The number of benzene rings is 2. The van der Waals surface area contributed by atoms with Crippen molar-refractivity contribution >= 4 is 45.9 Å². The summed E-state index contributed by atoms with van der Waals surface area (Å²) < 4.78 is 0. The van der Waals surface area contributed by atoms with Crippen LogP contribution in [0.2, 0.25) is 5.02 Å². The van der Waals surface area contributed by atoms with Gasteiger partial charge in [-0.05, 0) is 24.3 Å². The molecule has 1 unspecified atom stereocenters. The highest BCUT2D eigenvalue weighted by Gasteiger charge is 2.35. The van der Waals surface area contributed by atoms with E-state index in [1.165, 1.54) is 0 Å². The molecule has 3 N–H and O–H groups in total. The second-order valence-electron chi connectivity index (χ2n) is 7.18. The zero-order valence-electron chi connectivity index (χ0n) is 16.2. The van der Waals surface area contributed by atoms with Crippen molar-refractivity contribution in [3.05, 3.63) is 65.3 Å². The van der Waals surface area contributed by atoms with Gasteiger partial charge in [0.05, 0.1) is 11.5 Å². The van der Waals surface area contributed by atoms with Gasteiger partial charge in [0.25, 0.3) is 5.91 Å². The number of hydrogen-bond acceptors (Lipinski definition) is 3. The highest BCUT2D eigenvalue weighted by Crippen LogP contribution is 2.27.